The lowest BCUT2D eigenvalue weighted by molar-refractivity contribution is -0.116. The molecule has 5 heteroatoms. The molecule has 0 spiro atoms. The summed E-state index contributed by atoms with van der Waals surface area (Å²) in [6.07, 6.45) is 0. The smallest absolute Gasteiger partial charge is 0.223 e. The van der Waals surface area contributed by atoms with Gasteiger partial charge in [-0.05, 0) is 19.1 Å². The Kier molecular flexibility index (Phi) is 2.53. The van der Waals surface area contributed by atoms with Crippen molar-refractivity contribution in [1.82, 2.24) is 0 Å². The fourth-order valence-corrected chi connectivity index (χ4v) is 1.87. The van der Waals surface area contributed by atoms with Crippen LogP contribution in [0.5, 0.6) is 0 Å². The molecule has 0 fully saturated rings. The first-order valence-corrected chi connectivity index (χ1v) is 5.03. The maximum atomic E-state index is 13.5. The summed E-state index contributed by atoms with van der Waals surface area (Å²) in [5.74, 6) is -2.03. The van der Waals surface area contributed by atoms with Gasteiger partial charge in [-0.3, -0.25) is 4.79 Å². The number of nitrogens with one attached hydrogen (secondary N) is 1. The molecule has 1 atom stereocenters. The van der Waals surface area contributed by atoms with Crippen molar-refractivity contribution < 1.29 is 13.6 Å². The Bertz CT molecular complexity index is 448. The number of carbonyl (C=O) groups excluding carboxylic acids is 1. The van der Waals surface area contributed by atoms with Gasteiger partial charge in [0.25, 0.3) is 0 Å². The maximum absolute atomic E-state index is 13.5. The molecular weight excluding hydrogens is 214 g/mol. The molecule has 0 saturated heterocycles. The molecule has 1 aliphatic rings. The van der Waals surface area contributed by atoms with Crippen LogP contribution in [-0.4, -0.2) is 18.5 Å². The standard InChI is InChI=1S/C11H12F2N2O/c1-6-5-15(7(2)16)9-4-3-8(12)10(13)11(9)14-6/h3-4,6,14H,5H2,1-2H3. The third-order valence-corrected chi connectivity index (χ3v) is 2.59. The predicted molar refractivity (Wildman–Crippen MR) is 57.5 cm³/mol. The molecule has 16 heavy (non-hydrogen) atoms. The highest BCUT2D eigenvalue weighted by atomic mass is 19.2. The van der Waals surface area contributed by atoms with Crippen molar-refractivity contribution in [3.05, 3.63) is 23.8 Å². The van der Waals surface area contributed by atoms with Crippen LogP contribution in [0.1, 0.15) is 13.8 Å². The molecule has 1 aromatic rings. The number of anilines is 2. The van der Waals surface area contributed by atoms with Gasteiger partial charge in [0.15, 0.2) is 11.6 Å². The predicted octanol–water partition coefficient (Wildman–Crippen LogP) is 2.13. The van der Waals surface area contributed by atoms with E-state index in [1.165, 1.54) is 17.9 Å². The van der Waals surface area contributed by atoms with Gasteiger partial charge in [0, 0.05) is 19.5 Å². The van der Waals surface area contributed by atoms with E-state index in [-0.39, 0.29) is 17.6 Å². The number of fused-ring (bicyclic) bond motifs is 1. The third-order valence-electron chi connectivity index (χ3n) is 2.59. The van der Waals surface area contributed by atoms with E-state index in [4.69, 9.17) is 0 Å². The first kappa shape index (κ1) is 10.9. The molecule has 0 saturated carbocycles. The van der Waals surface area contributed by atoms with E-state index in [9.17, 15) is 13.6 Å². The zero-order valence-electron chi connectivity index (χ0n) is 9.05. The van der Waals surface area contributed by atoms with Crippen LogP contribution < -0.4 is 10.2 Å². The third kappa shape index (κ3) is 1.62. The molecule has 2 rings (SSSR count). The van der Waals surface area contributed by atoms with Crippen molar-refractivity contribution >= 4 is 17.3 Å². The molecule has 0 bridgehead atoms. The Balaban J connectivity index is 2.56. The van der Waals surface area contributed by atoms with Crippen LogP contribution >= 0.6 is 0 Å². The maximum Gasteiger partial charge on any atom is 0.223 e. The van der Waals surface area contributed by atoms with E-state index in [1.54, 1.807) is 0 Å². The average Bonchev–Trinajstić information content (AvgIpc) is 2.23. The van der Waals surface area contributed by atoms with Gasteiger partial charge in [0.1, 0.15) is 0 Å². The number of benzene rings is 1. The first-order valence-electron chi connectivity index (χ1n) is 5.03. The van der Waals surface area contributed by atoms with E-state index < -0.39 is 11.6 Å². The molecule has 1 heterocycles. The summed E-state index contributed by atoms with van der Waals surface area (Å²) in [6.45, 7) is 3.67. The van der Waals surface area contributed by atoms with Crippen LogP contribution in [0.3, 0.4) is 0 Å². The Hall–Kier alpha value is -1.65. The highest BCUT2D eigenvalue weighted by molar-refractivity contribution is 5.96. The Morgan fingerprint density at radius 3 is 2.81 bits per heavy atom. The van der Waals surface area contributed by atoms with Crippen molar-refractivity contribution in [2.75, 3.05) is 16.8 Å². The number of hydrogen-bond donors (Lipinski definition) is 1. The average molecular weight is 226 g/mol. The Labute approximate surface area is 92.1 Å². The highest BCUT2D eigenvalue weighted by Gasteiger charge is 2.27. The quantitative estimate of drug-likeness (QED) is 0.735. The normalized spacial score (nSPS) is 19.0. The first-order chi connectivity index (χ1) is 7.50. The van der Waals surface area contributed by atoms with E-state index in [2.05, 4.69) is 5.32 Å². The van der Waals surface area contributed by atoms with Gasteiger partial charge in [-0.1, -0.05) is 0 Å². The lowest BCUT2D eigenvalue weighted by atomic mass is 10.1. The number of halogens is 2. The monoisotopic (exact) mass is 226 g/mol. The Morgan fingerprint density at radius 2 is 2.19 bits per heavy atom. The fourth-order valence-electron chi connectivity index (χ4n) is 1.87. The van der Waals surface area contributed by atoms with Gasteiger partial charge < -0.3 is 10.2 Å². The molecule has 1 N–H and O–H groups in total. The SMILES string of the molecule is CC(=O)N1CC(C)Nc2c1ccc(F)c2F. The van der Waals surface area contributed by atoms with E-state index in [0.717, 1.165) is 6.07 Å². The highest BCUT2D eigenvalue weighted by Crippen LogP contribution is 2.34. The van der Waals surface area contributed by atoms with Crippen LogP contribution in [0.25, 0.3) is 0 Å². The molecule has 0 radical (unpaired) electrons. The molecule has 1 unspecified atom stereocenters. The summed E-state index contributed by atoms with van der Waals surface area (Å²) in [4.78, 5) is 12.8. The van der Waals surface area contributed by atoms with Gasteiger partial charge in [-0.15, -0.1) is 0 Å². The van der Waals surface area contributed by atoms with Crippen molar-refractivity contribution in [3.8, 4) is 0 Å². The number of hydrogen-bond acceptors (Lipinski definition) is 2. The molecule has 0 aromatic heterocycles. The van der Waals surface area contributed by atoms with Gasteiger partial charge in [-0.25, -0.2) is 8.78 Å². The second-order valence-corrected chi connectivity index (χ2v) is 3.93. The summed E-state index contributed by atoms with van der Waals surface area (Å²) in [7, 11) is 0. The summed E-state index contributed by atoms with van der Waals surface area (Å²) in [5.41, 5.74) is 0.457. The van der Waals surface area contributed by atoms with Crippen molar-refractivity contribution in [2.45, 2.75) is 19.9 Å². The van der Waals surface area contributed by atoms with Crippen LogP contribution in [0.4, 0.5) is 20.2 Å². The molecule has 1 aromatic carbocycles. The lowest BCUT2D eigenvalue weighted by Crippen LogP contribution is -2.42. The number of nitrogens with zero attached hydrogens (tertiary/aromatic N) is 1. The lowest BCUT2D eigenvalue weighted by Gasteiger charge is -2.33. The number of amides is 1. The Morgan fingerprint density at radius 1 is 1.50 bits per heavy atom. The molecular formula is C11H12F2N2O. The zero-order valence-corrected chi connectivity index (χ0v) is 9.05. The van der Waals surface area contributed by atoms with Gasteiger partial charge in [0.05, 0.1) is 11.4 Å². The largest absolute Gasteiger partial charge is 0.377 e. The van der Waals surface area contributed by atoms with Crippen molar-refractivity contribution in [3.63, 3.8) is 0 Å². The summed E-state index contributed by atoms with van der Waals surface area (Å²) >= 11 is 0. The summed E-state index contributed by atoms with van der Waals surface area (Å²) < 4.78 is 26.6. The van der Waals surface area contributed by atoms with Crippen molar-refractivity contribution in [1.29, 1.82) is 0 Å². The van der Waals surface area contributed by atoms with Crippen LogP contribution in [0.2, 0.25) is 0 Å². The molecule has 1 aliphatic heterocycles. The van der Waals surface area contributed by atoms with E-state index in [0.29, 0.717) is 12.2 Å². The van der Waals surface area contributed by atoms with Gasteiger partial charge in [0.2, 0.25) is 5.91 Å². The second kappa shape index (κ2) is 3.73. The fraction of sp³-hybridized carbons (Fsp3) is 0.364. The molecule has 3 nitrogen and oxygen atoms in total. The van der Waals surface area contributed by atoms with Crippen LogP contribution in [-0.2, 0) is 4.79 Å². The summed E-state index contributed by atoms with van der Waals surface area (Å²) in [5, 5.41) is 2.84. The number of carbonyl (C=O) groups is 1. The topological polar surface area (TPSA) is 32.3 Å². The second-order valence-electron chi connectivity index (χ2n) is 3.93. The summed E-state index contributed by atoms with van der Waals surface area (Å²) in [6, 6.07) is 2.34. The van der Waals surface area contributed by atoms with Crippen LogP contribution in [0.15, 0.2) is 12.1 Å². The minimum Gasteiger partial charge on any atom is -0.377 e. The van der Waals surface area contributed by atoms with Crippen LogP contribution in [0, 0.1) is 11.6 Å². The van der Waals surface area contributed by atoms with Crippen molar-refractivity contribution in [2.24, 2.45) is 0 Å². The van der Waals surface area contributed by atoms with E-state index in [1.807, 2.05) is 6.92 Å². The number of rotatable bonds is 0. The minimum absolute atomic E-state index is 0.0638. The van der Waals surface area contributed by atoms with E-state index >= 15 is 0 Å². The van der Waals surface area contributed by atoms with Gasteiger partial charge >= 0.3 is 0 Å². The van der Waals surface area contributed by atoms with Gasteiger partial charge in [-0.2, -0.15) is 0 Å². The molecule has 86 valence electrons. The minimum atomic E-state index is -0.935. The zero-order chi connectivity index (χ0) is 11.9. The molecule has 0 aliphatic carbocycles. The molecule has 1 amide bonds.